The van der Waals surface area contributed by atoms with Gasteiger partial charge in [-0.3, -0.25) is 10.4 Å². The summed E-state index contributed by atoms with van der Waals surface area (Å²) in [7, 11) is 0. The van der Waals surface area contributed by atoms with Gasteiger partial charge in [-0.05, 0) is 41.7 Å². The van der Waals surface area contributed by atoms with Gasteiger partial charge in [-0.15, -0.1) is 0 Å². The van der Waals surface area contributed by atoms with Crippen LogP contribution in [0.1, 0.15) is 23.1 Å². The summed E-state index contributed by atoms with van der Waals surface area (Å²) >= 11 is 0. The first-order chi connectivity index (χ1) is 23.5. The predicted molar refractivity (Wildman–Crippen MR) is 177 cm³/mol. The second kappa shape index (κ2) is 16.3. The van der Waals surface area contributed by atoms with E-state index in [1.807, 2.05) is 103 Å². The van der Waals surface area contributed by atoms with Gasteiger partial charge >= 0.3 is 12.2 Å². The maximum absolute atomic E-state index is 13.2. The lowest BCUT2D eigenvalue weighted by atomic mass is 10.0. The number of aliphatic hydroxyl groups is 1. The van der Waals surface area contributed by atoms with Gasteiger partial charge in [0.15, 0.2) is 6.29 Å². The van der Waals surface area contributed by atoms with Gasteiger partial charge in [0, 0.05) is 24.8 Å². The monoisotopic (exact) mass is 652 g/mol. The van der Waals surface area contributed by atoms with Gasteiger partial charge in [-0.2, -0.15) is 0 Å². The fourth-order valence-electron chi connectivity index (χ4n) is 5.94. The summed E-state index contributed by atoms with van der Waals surface area (Å²) in [6.45, 7) is 1.14. The van der Waals surface area contributed by atoms with E-state index in [0.29, 0.717) is 13.0 Å². The Hall–Kier alpha value is -4.81. The highest BCUT2D eigenvalue weighted by molar-refractivity contribution is 5.68. The number of alkyl carbamates (subject to hydrolysis) is 1. The molecule has 1 aromatic heterocycles. The number of rotatable bonds is 13. The van der Waals surface area contributed by atoms with Crippen LogP contribution in [-0.4, -0.2) is 71.6 Å². The molecule has 6 rings (SSSR count). The molecule has 2 aliphatic heterocycles. The van der Waals surface area contributed by atoms with E-state index in [1.54, 1.807) is 11.2 Å². The Bertz CT molecular complexity index is 1590. The molecule has 0 spiro atoms. The van der Waals surface area contributed by atoms with Crippen molar-refractivity contribution >= 4 is 12.2 Å². The zero-order chi connectivity index (χ0) is 33.1. The number of amides is 2. The van der Waals surface area contributed by atoms with Crippen molar-refractivity contribution in [3.8, 4) is 11.3 Å². The molecule has 2 aliphatic rings. The number of hydrogen-bond donors (Lipinski definition) is 3. The summed E-state index contributed by atoms with van der Waals surface area (Å²) in [5, 5.41) is 16.1. The van der Waals surface area contributed by atoms with Crippen molar-refractivity contribution in [1.29, 1.82) is 0 Å². The Balaban J connectivity index is 1.15. The Morgan fingerprint density at radius 1 is 0.875 bits per heavy atom. The summed E-state index contributed by atoms with van der Waals surface area (Å²) in [6.07, 6.45) is -0.385. The number of carbonyl (C=O) groups excluding carboxylic acids is 2. The van der Waals surface area contributed by atoms with E-state index in [2.05, 4.69) is 15.7 Å². The van der Waals surface area contributed by atoms with Gasteiger partial charge < -0.3 is 29.4 Å². The fourth-order valence-corrected chi connectivity index (χ4v) is 5.94. The largest absolute Gasteiger partial charge is 0.444 e. The molecule has 3 N–H and O–H groups in total. The highest BCUT2D eigenvalue weighted by Gasteiger charge is 2.44. The van der Waals surface area contributed by atoms with Crippen LogP contribution in [0, 0.1) is 5.92 Å². The highest BCUT2D eigenvalue weighted by atomic mass is 16.7. The molecule has 0 saturated carbocycles. The van der Waals surface area contributed by atoms with E-state index in [-0.39, 0.29) is 38.5 Å². The summed E-state index contributed by atoms with van der Waals surface area (Å²) < 4.78 is 22.4. The van der Waals surface area contributed by atoms with Crippen LogP contribution >= 0.6 is 0 Å². The van der Waals surface area contributed by atoms with E-state index in [0.717, 1.165) is 34.4 Å². The molecule has 48 heavy (non-hydrogen) atoms. The molecule has 3 heterocycles. The third kappa shape index (κ3) is 9.17. The number of aromatic nitrogens is 1. The van der Waals surface area contributed by atoms with Crippen LogP contribution in [0.3, 0.4) is 0 Å². The van der Waals surface area contributed by atoms with Crippen molar-refractivity contribution in [1.82, 2.24) is 20.7 Å². The smallest absolute Gasteiger partial charge is 0.422 e. The Labute approximate surface area is 279 Å². The summed E-state index contributed by atoms with van der Waals surface area (Å²) in [4.78, 5) is 30.6. The molecule has 4 aromatic rings. The number of hydrogen-bond acceptors (Lipinski definition) is 9. The van der Waals surface area contributed by atoms with E-state index >= 15 is 0 Å². The first-order valence-electron chi connectivity index (χ1n) is 16.1. The fraction of sp³-hybridized carbons (Fsp3) is 0.324. The molecule has 0 aliphatic carbocycles. The number of aliphatic hydroxyl groups excluding tert-OH is 1. The molecule has 0 bridgehead atoms. The number of nitrogens with one attached hydrogen (secondary N) is 2. The number of fused-ring (bicyclic) bond motifs is 1. The molecule has 11 nitrogen and oxygen atoms in total. The molecule has 11 heteroatoms. The number of pyridine rings is 1. The highest BCUT2D eigenvalue weighted by Crippen LogP contribution is 2.33. The first kappa shape index (κ1) is 33.1. The van der Waals surface area contributed by atoms with Gasteiger partial charge in [0.2, 0.25) is 0 Å². The third-order valence-corrected chi connectivity index (χ3v) is 8.47. The third-order valence-electron chi connectivity index (χ3n) is 8.47. The molecule has 5 atom stereocenters. The van der Waals surface area contributed by atoms with Crippen molar-refractivity contribution in [2.75, 3.05) is 19.8 Å². The van der Waals surface area contributed by atoms with Crippen molar-refractivity contribution in [3.05, 3.63) is 126 Å². The molecule has 3 aromatic carbocycles. The number of benzene rings is 3. The second-order valence-electron chi connectivity index (χ2n) is 11.9. The zero-order valence-corrected chi connectivity index (χ0v) is 26.5. The predicted octanol–water partition coefficient (Wildman–Crippen LogP) is 4.85. The van der Waals surface area contributed by atoms with Crippen LogP contribution in [0.4, 0.5) is 9.59 Å². The van der Waals surface area contributed by atoms with Crippen LogP contribution in [0.2, 0.25) is 0 Å². The molecule has 2 amide bonds. The minimum absolute atomic E-state index is 0.0149. The van der Waals surface area contributed by atoms with Gasteiger partial charge in [0.1, 0.15) is 12.7 Å². The van der Waals surface area contributed by atoms with Crippen LogP contribution in [-0.2, 0) is 38.5 Å². The number of ether oxygens (including phenoxy) is 4. The topological polar surface area (TPSA) is 131 Å². The van der Waals surface area contributed by atoms with E-state index < -0.39 is 30.4 Å². The number of nitrogens with zero attached hydrogens (tertiary/aromatic N) is 2. The summed E-state index contributed by atoms with van der Waals surface area (Å²) in [6, 6.07) is 31.7. The van der Waals surface area contributed by atoms with Gasteiger partial charge in [0.25, 0.3) is 0 Å². The minimum Gasteiger partial charge on any atom is -0.444 e. The SMILES string of the molecule is O=C(NN(Cc1ccc(-c2ccccn2)cc1)C[C@H](O)[C@H](Cc1ccccc1)NC(=O)O[C@H]1CO[C@H]2OCC[C@H]21)OCc1ccccc1. The molecular formula is C37H40N4O7. The summed E-state index contributed by atoms with van der Waals surface area (Å²) in [5.41, 5.74) is 7.24. The maximum Gasteiger partial charge on any atom is 0.422 e. The van der Waals surface area contributed by atoms with Gasteiger partial charge in [0.05, 0.1) is 37.0 Å². The molecule has 2 saturated heterocycles. The standard InChI is InChI=1S/C37H40N4O7/c42-33(32(21-26-9-3-1-4-10-26)39-36(43)48-34-25-46-35-30(34)18-20-45-35)23-41(40-37(44)47-24-28-11-5-2-6-12-28)22-27-14-16-29(17-15-27)31-13-7-8-19-38-31/h1-17,19,30,32-35,42H,18,20-25H2,(H,39,43)(H,40,44)/t30-,32-,33-,34-,35+/m0/s1. The Kier molecular flexibility index (Phi) is 11.3. The molecule has 0 radical (unpaired) electrons. The Morgan fingerprint density at radius 2 is 1.60 bits per heavy atom. The van der Waals surface area contributed by atoms with Crippen LogP contribution < -0.4 is 10.7 Å². The minimum atomic E-state index is -1.11. The van der Waals surface area contributed by atoms with Gasteiger partial charge in [-0.25, -0.2) is 14.6 Å². The van der Waals surface area contributed by atoms with Crippen LogP contribution in [0.5, 0.6) is 0 Å². The quantitative estimate of drug-likeness (QED) is 0.174. The lowest BCUT2D eigenvalue weighted by Crippen LogP contribution is -2.53. The van der Waals surface area contributed by atoms with Crippen molar-refractivity contribution in [3.63, 3.8) is 0 Å². The van der Waals surface area contributed by atoms with Crippen molar-refractivity contribution in [2.24, 2.45) is 5.92 Å². The normalized spacial score (nSPS) is 19.7. The average Bonchev–Trinajstić information content (AvgIpc) is 3.74. The first-order valence-corrected chi connectivity index (χ1v) is 16.1. The van der Waals surface area contributed by atoms with Crippen LogP contribution in [0.15, 0.2) is 109 Å². The van der Waals surface area contributed by atoms with Gasteiger partial charge in [-0.1, -0.05) is 91.0 Å². The van der Waals surface area contributed by atoms with E-state index in [9.17, 15) is 14.7 Å². The molecule has 2 fully saturated rings. The van der Waals surface area contributed by atoms with Crippen molar-refractivity contribution in [2.45, 2.75) is 50.5 Å². The maximum atomic E-state index is 13.2. The van der Waals surface area contributed by atoms with E-state index in [1.165, 1.54) is 0 Å². The molecular weight excluding hydrogens is 612 g/mol. The lowest BCUT2D eigenvalue weighted by molar-refractivity contribution is -0.0907. The number of hydrazine groups is 1. The zero-order valence-electron chi connectivity index (χ0n) is 26.5. The lowest BCUT2D eigenvalue weighted by Gasteiger charge is -2.30. The second-order valence-corrected chi connectivity index (χ2v) is 11.9. The molecule has 0 unspecified atom stereocenters. The van der Waals surface area contributed by atoms with E-state index in [4.69, 9.17) is 18.9 Å². The number of carbonyl (C=O) groups is 2. The average molecular weight is 653 g/mol. The van der Waals surface area contributed by atoms with Crippen LogP contribution in [0.25, 0.3) is 11.3 Å². The summed E-state index contributed by atoms with van der Waals surface area (Å²) in [5.74, 6) is -0.0149. The Morgan fingerprint density at radius 3 is 2.33 bits per heavy atom. The van der Waals surface area contributed by atoms with Crippen molar-refractivity contribution < 1.29 is 33.6 Å². The molecule has 250 valence electrons.